The summed E-state index contributed by atoms with van der Waals surface area (Å²) in [4.78, 5) is 25.4. The SMILES string of the molecule is CCOC(=O)C1CCN(C(=O)CNc2cc(F)ccc2F)CC1. The lowest BCUT2D eigenvalue weighted by molar-refractivity contribution is -0.151. The number of benzene rings is 1. The van der Waals surface area contributed by atoms with Crippen molar-refractivity contribution >= 4 is 17.6 Å². The van der Waals surface area contributed by atoms with Crippen LogP contribution in [0.3, 0.4) is 0 Å². The number of rotatable bonds is 5. The van der Waals surface area contributed by atoms with Crippen LogP contribution in [-0.4, -0.2) is 43.0 Å². The number of carbonyl (C=O) groups is 2. The number of hydrogen-bond donors (Lipinski definition) is 1. The molecule has 0 radical (unpaired) electrons. The molecule has 1 heterocycles. The third-order valence-corrected chi connectivity index (χ3v) is 3.83. The average Bonchev–Trinajstić information content (AvgIpc) is 2.55. The predicted octanol–water partition coefficient (Wildman–Crippen LogP) is 2.18. The normalized spacial score (nSPS) is 15.3. The molecular formula is C16H20F2N2O3. The topological polar surface area (TPSA) is 58.6 Å². The highest BCUT2D eigenvalue weighted by molar-refractivity contribution is 5.81. The fraction of sp³-hybridized carbons (Fsp3) is 0.500. The predicted molar refractivity (Wildman–Crippen MR) is 80.8 cm³/mol. The quantitative estimate of drug-likeness (QED) is 0.843. The number of amides is 1. The third kappa shape index (κ3) is 4.64. The van der Waals surface area contributed by atoms with Crippen LogP contribution in [0.1, 0.15) is 19.8 Å². The van der Waals surface area contributed by atoms with Crippen LogP contribution in [0, 0.1) is 17.6 Å². The summed E-state index contributed by atoms with van der Waals surface area (Å²) >= 11 is 0. The molecular weight excluding hydrogens is 306 g/mol. The van der Waals surface area contributed by atoms with Crippen LogP contribution in [0.4, 0.5) is 14.5 Å². The molecule has 1 saturated heterocycles. The maximum Gasteiger partial charge on any atom is 0.309 e. The summed E-state index contributed by atoms with van der Waals surface area (Å²) in [5.41, 5.74) is -0.0419. The Balaban J connectivity index is 1.81. The van der Waals surface area contributed by atoms with Gasteiger partial charge in [0.2, 0.25) is 5.91 Å². The van der Waals surface area contributed by atoms with Gasteiger partial charge >= 0.3 is 5.97 Å². The highest BCUT2D eigenvalue weighted by Gasteiger charge is 2.28. The molecule has 0 bridgehead atoms. The van der Waals surface area contributed by atoms with E-state index in [4.69, 9.17) is 4.74 Å². The van der Waals surface area contributed by atoms with Crippen molar-refractivity contribution in [2.75, 3.05) is 31.6 Å². The number of likely N-dealkylation sites (tertiary alicyclic amines) is 1. The van der Waals surface area contributed by atoms with Gasteiger partial charge in [0.15, 0.2) is 0 Å². The standard InChI is InChI=1S/C16H20F2N2O3/c1-2-23-16(22)11-5-7-20(8-6-11)15(21)10-19-14-9-12(17)3-4-13(14)18/h3-4,9,11,19H,2,5-8,10H2,1H3. The Labute approximate surface area is 133 Å². The Bertz CT molecular complexity index is 572. The zero-order valence-electron chi connectivity index (χ0n) is 13.0. The lowest BCUT2D eigenvalue weighted by atomic mass is 9.97. The summed E-state index contributed by atoms with van der Waals surface area (Å²) in [5.74, 6) is -1.79. The number of nitrogens with one attached hydrogen (secondary N) is 1. The van der Waals surface area contributed by atoms with Gasteiger partial charge in [0.1, 0.15) is 11.6 Å². The number of ether oxygens (including phenoxy) is 1. The van der Waals surface area contributed by atoms with Gasteiger partial charge in [-0.15, -0.1) is 0 Å². The molecule has 0 unspecified atom stereocenters. The molecule has 1 aliphatic heterocycles. The van der Waals surface area contributed by atoms with Crippen molar-refractivity contribution in [2.45, 2.75) is 19.8 Å². The van der Waals surface area contributed by atoms with Gasteiger partial charge in [-0.1, -0.05) is 0 Å². The molecule has 2 rings (SSSR count). The fourth-order valence-electron chi connectivity index (χ4n) is 2.54. The summed E-state index contributed by atoms with van der Waals surface area (Å²) in [7, 11) is 0. The van der Waals surface area contributed by atoms with Crippen molar-refractivity contribution in [1.29, 1.82) is 0 Å². The van der Waals surface area contributed by atoms with Gasteiger partial charge in [-0.25, -0.2) is 8.78 Å². The van der Waals surface area contributed by atoms with E-state index in [1.54, 1.807) is 11.8 Å². The summed E-state index contributed by atoms with van der Waals surface area (Å²) in [6.45, 7) is 2.89. The van der Waals surface area contributed by atoms with Gasteiger partial charge in [-0.05, 0) is 38.0 Å². The third-order valence-electron chi connectivity index (χ3n) is 3.83. The molecule has 1 amide bonds. The minimum atomic E-state index is -0.611. The first-order chi connectivity index (χ1) is 11.0. The highest BCUT2D eigenvalue weighted by Crippen LogP contribution is 2.19. The van der Waals surface area contributed by atoms with Crippen molar-refractivity contribution in [2.24, 2.45) is 5.92 Å². The zero-order chi connectivity index (χ0) is 16.8. The number of nitrogens with zero attached hydrogens (tertiary/aromatic N) is 1. The van der Waals surface area contributed by atoms with Crippen molar-refractivity contribution in [3.05, 3.63) is 29.8 Å². The lowest BCUT2D eigenvalue weighted by Crippen LogP contribution is -2.43. The fourth-order valence-corrected chi connectivity index (χ4v) is 2.54. The Morgan fingerprint density at radius 1 is 1.30 bits per heavy atom. The molecule has 0 aromatic heterocycles. The highest BCUT2D eigenvalue weighted by atomic mass is 19.1. The van der Waals surface area contributed by atoms with E-state index >= 15 is 0 Å². The maximum atomic E-state index is 13.5. The van der Waals surface area contributed by atoms with Crippen LogP contribution >= 0.6 is 0 Å². The average molecular weight is 326 g/mol. The molecule has 5 nitrogen and oxygen atoms in total. The first kappa shape index (κ1) is 17.2. The van der Waals surface area contributed by atoms with E-state index in [0.29, 0.717) is 32.5 Å². The summed E-state index contributed by atoms with van der Waals surface area (Å²) in [6, 6.07) is 3.03. The van der Waals surface area contributed by atoms with Crippen molar-refractivity contribution in [3.63, 3.8) is 0 Å². The molecule has 1 aromatic rings. The summed E-state index contributed by atoms with van der Waals surface area (Å²) in [5, 5.41) is 2.61. The number of piperidine rings is 1. The number of carbonyl (C=O) groups excluding carboxylic acids is 2. The van der Waals surface area contributed by atoms with Gasteiger partial charge in [-0.3, -0.25) is 9.59 Å². The lowest BCUT2D eigenvalue weighted by Gasteiger charge is -2.31. The molecule has 0 aliphatic carbocycles. The van der Waals surface area contributed by atoms with Crippen molar-refractivity contribution in [3.8, 4) is 0 Å². The number of hydrogen-bond acceptors (Lipinski definition) is 4. The smallest absolute Gasteiger partial charge is 0.309 e. The van der Waals surface area contributed by atoms with Crippen LogP contribution < -0.4 is 5.32 Å². The molecule has 1 aliphatic rings. The van der Waals surface area contributed by atoms with E-state index in [1.165, 1.54) is 0 Å². The Kier molecular flexibility index (Phi) is 5.90. The zero-order valence-corrected chi connectivity index (χ0v) is 13.0. The molecule has 1 fully saturated rings. The van der Waals surface area contributed by atoms with Crippen LogP contribution in [0.5, 0.6) is 0 Å². The molecule has 0 atom stereocenters. The largest absolute Gasteiger partial charge is 0.466 e. The van der Waals surface area contributed by atoms with E-state index in [9.17, 15) is 18.4 Å². The van der Waals surface area contributed by atoms with Crippen LogP contribution in [-0.2, 0) is 14.3 Å². The number of esters is 1. The first-order valence-corrected chi connectivity index (χ1v) is 7.64. The second-order valence-electron chi connectivity index (χ2n) is 5.38. The summed E-state index contributed by atoms with van der Waals surface area (Å²) in [6.07, 6.45) is 1.11. The molecule has 1 N–H and O–H groups in total. The molecule has 126 valence electrons. The van der Waals surface area contributed by atoms with E-state index in [0.717, 1.165) is 18.2 Å². The Morgan fingerprint density at radius 3 is 2.65 bits per heavy atom. The van der Waals surface area contributed by atoms with E-state index in [1.807, 2.05) is 0 Å². The van der Waals surface area contributed by atoms with Crippen molar-refractivity contribution < 1.29 is 23.1 Å². The van der Waals surface area contributed by atoms with E-state index in [2.05, 4.69) is 5.32 Å². The Morgan fingerprint density at radius 2 is 2.00 bits per heavy atom. The second kappa shape index (κ2) is 7.89. The van der Waals surface area contributed by atoms with E-state index < -0.39 is 11.6 Å². The maximum absolute atomic E-state index is 13.5. The van der Waals surface area contributed by atoms with Crippen LogP contribution in [0.25, 0.3) is 0 Å². The van der Waals surface area contributed by atoms with Crippen LogP contribution in [0.15, 0.2) is 18.2 Å². The van der Waals surface area contributed by atoms with Gasteiger partial charge in [0.05, 0.1) is 24.8 Å². The molecule has 0 saturated carbocycles. The molecule has 0 spiro atoms. The van der Waals surface area contributed by atoms with Gasteiger partial charge in [0.25, 0.3) is 0 Å². The van der Waals surface area contributed by atoms with E-state index in [-0.39, 0.29) is 30.0 Å². The minimum Gasteiger partial charge on any atom is -0.466 e. The second-order valence-corrected chi connectivity index (χ2v) is 5.38. The molecule has 23 heavy (non-hydrogen) atoms. The van der Waals surface area contributed by atoms with Crippen LogP contribution in [0.2, 0.25) is 0 Å². The summed E-state index contributed by atoms with van der Waals surface area (Å²) < 4.78 is 31.5. The van der Waals surface area contributed by atoms with Gasteiger partial charge in [0, 0.05) is 13.1 Å². The monoisotopic (exact) mass is 326 g/mol. The Hall–Kier alpha value is -2.18. The van der Waals surface area contributed by atoms with Gasteiger partial charge in [-0.2, -0.15) is 0 Å². The van der Waals surface area contributed by atoms with Gasteiger partial charge < -0.3 is 15.0 Å². The molecule has 1 aromatic carbocycles. The number of halogens is 2. The number of anilines is 1. The molecule has 7 heteroatoms. The van der Waals surface area contributed by atoms with Crippen molar-refractivity contribution in [1.82, 2.24) is 4.90 Å². The minimum absolute atomic E-state index is 0.0419. The first-order valence-electron chi connectivity index (χ1n) is 7.64.